The fourth-order valence-corrected chi connectivity index (χ4v) is 4.17. The molecule has 2 aromatic rings. The van der Waals surface area contributed by atoms with Crippen molar-refractivity contribution in [2.45, 2.75) is 27.7 Å². The minimum Gasteiger partial charge on any atom is -0.379 e. The summed E-state index contributed by atoms with van der Waals surface area (Å²) in [5.41, 5.74) is 9.35. The normalized spacial score (nSPS) is 15.3. The highest BCUT2D eigenvalue weighted by molar-refractivity contribution is 9.10. The number of halogens is 1. The Bertz CT molecular complexity index is 878. The third kappa shape index (κ3) is 4.71. The molecule has 28 heavy (non-hydrogen) atoms. The number of carbonyl (C=O) groups excluding carboxylic acids is 1. The SMILES string of the molecule is Cc1cc(C)cc(-n2c(C)c(Br)c(/C=N\NC(=O)CN3CCOCC3)c2C)c1. The highest BCUT2D eigenvalue weighted by atomic mass is 79.9. The second-order valence-corrected chi connectivity index (χ2v) is 8.05. The van der Waals surface area contributed by atoms with Gasteiger partial charge in [-0.1, -0.05) is 6.07 Å². The predicted molar refractivity (Wildman–Crippen MR) is 115 cm³/mol. The largest absolute Gasteiger partial charge is 0.379 e. The molecule has 7 heteroatoms. The Morgan fingerprint density at radius 1 is 1.14 bits per heavy atom. The Hall–Kier alpha value is -1.96. The molecule has 1 N–H and O–H groups in total. The number of hydrogen-bond donors (Lipinski definition) is 1. The highest BCUT2D eigenvalue weighted by Crippen LogP contribution is 2.30. The van der Waals surface area contributed by atoms with Crippen LogP contribution in [0.1, 0.15) is 28.1 Å². The number of carbonyl (C=O) groups is 1. The lowest BCUT2D eigenvalue weighted by Gasteiger charge is -2.25. The number of ether oxygens (including phenoxy) is 1. The van der Waals surface area contributed by atoms with E-state index in [-0.39, 0.29) is 5.91 Å². The van der Waals surface area contributed by atoms with E-state index in [1.807, 2.05) is 0 Å². The number of amides is 1. The smallest absolute Gasteiger partial charge is 0.254 e. The summed E-state index contributed by atoms with van der Waals surface area (Å²) >= 11 is 3.69. The highest BCUT2D eigenvalue weighted by Gasteiger charge is 2.17. The van der Waals surface area contributed by atoms with Gasteiger partial charge in [0, 0.05) is 40.2 Å². The van der Waals surface area contributed by atoms with Gasteiger partial charge in [0.1, 0.15) is 0 Å². The summed E-state index contributed by atoms with van der Waals surface area (Å²) in [7, 11) is 0. The molecule has 1 aromatic heterocycles. The number of morpholine rings is 1. The van der Waals surface area contributed by atoms with Crippen molar-refractivity contribution in [2.24, 2.45) is 5.10 Å². The topological polar surface area (TPSA) is 58.9 Å². The molecule has 1 saturated heterocycles. The maximum atomic E-state index is 12.1. The zero-order chi connectivity index (χ0) is 20.3. The van der Waals surface area contributed by atoms with Gasteiger partial charge in [0.15, 0.2) is 0 Å². The van der Waals surface area contributed by atoms with Crippen molar-refractivity contribution in [3.63, 3.8) is 0 Å². The second kappa shape index (κ2) is 9.03. The maximum absolute atomic E-state index is 12.1. The third-order valence-electron chi connectivity index (χ3n) is 4.93. The first-order chi connectivity index (χ1) is 13.4. The standard InChI is InChI=1S/C21H27BrN4O2/c1-14-9-15(2)11-18(10-14)26-16(3)19(21(22)17(26)4)12-23-24-20(27)13-25-5-7-28-8-6-25/h9-12H,5-8,13H2,1-4H3,(H,24,27)/b23-12-. The van der Waals surface area contributed by atoms with Gasteiger partial charge < -0.3 is 9.30 Å². The summed E-state index contributed by atoms with van der Waals surface area (Å²) < 4.78 is 8.49. The Kier molecular flexibility index (Phi) is 6.69. The molecule has 0 saturated carbocycles. The molecular weight excluding hydrogens is 420 g/mol. The van der Waals surface area contributed by atoms with E-state index in [1.165, 1.54) is 11.1 Å². The van der Waals surface area contributed by atoms with Gasteiger partial charge in [0.05, 0.1) is 26.0 Å². The molecule has 1 aliphatic rings. The summed E-state index contributed by atoms with van der Waals surface area (Å²) in [6, 6.07) is 6.51. The summed E-state index contributed by atoms with van der Waals surface area (Å²) in [6.07, 6.45) is 1.71. The van der Waals surface area contributed by atoms with Crippen molar-refractivity contribution < 1.29 is 9.53 Å². The van der Waals surface area contributed by atoms with Crippen LogP contribution in [0.4, 0.5) is 0 Å². The van der Waals surface area contributed by atoms with Gasteiger partial charge >= 0.3 is 0 Å². The third-order valence-corrected chi connectivity index (χ3v) is 5.93. The average molecular weight is 447 g/mol. The molecule has 0 atom stereocenters. The number of hydrazone groups is 1. The Balaban J connectivity index is 1.75. The fraction of sp³-hybridized carbons (Fsp3) is 0.429. The van der Waals surface area contributed by atoms with Gasteiger partial charge in [0.25, 0.3) is 5.91 Å². The van der Waals surface area contributed by atoms with E-state index in [2.05, 4.69) is 81.8 Å². The number of aryl methyl sites for hydroxylation is 2. The molecule has 2 heterocycles. The van der Waals surface area contributed by atoms with Gasteiger partial charge in [-0.2, -0.15) is 5.10 Å². The molecule has 3 rings (SSSR count). The van der Waals surface area contributed by atoms with Crippen LogP contribution in [0.5, 0.6) is 0 Å². The van der Waals surface area contributed by atoms with Crippen LogP contribution in [-0.2, 0) is 9.53 Å². The van der Waals surface area contributed by atoms with E-state index >= 15 is 0 Å². The van der Waals surface area contributed by atoms with E-state index in [1.54, 1.807) is 6.21 Å². The predicted octanol–water partition coefficient (Wildman–Crippen LogP) is 3.26. The summed E-state index contributed by atoms with van der Waals surface area (Å²) in [6.45, 7) is 11.6. The Morgan fingerprint density at radius 2 is 1.79 bits per heavy atom. The summed E-state index contributed by atoms with van der Waals surface area (Å²) in [4.78, 5) is 14.2. The van der Waals surface area contributed by atoms with Crippen LogP contribution in [0, 0.1) is 27.7 Å². The lowest BCUT2D eigenvalue weighted by Crippen LogP contribution is -2.42. The van der Waals surface area contributed by atoms with E-state index in [9.17, 15) is 4.79 Å². The van der Waals surface area contributed by atoms with Crippen LogP contribution in [0.2, 0.25) is 0 Å². The molecule has 0 aliphatic carbocycles. The number of benzene rings is 1. The van der Waals surface area contributed by atoms with Gasteiger partial charge in [-0.25, -0.2) is 5.43 Å². The van der Waals surface area contributed by atoms with Crippen molar-refractivity contribution in [3.8, 4) is 5.69 Å². The van der Waals surface area contributed by atoms with Crippen LogP contribution < -0.4 is 5.43 Å². The van der Waals surface area contributed by atoms with Crippen LogP contribution >= 0.6 is 15.9 Å². The van der Waals surface area contributed by atoms with Crippen molar-refractivity contribution >= 4 is 28.1 Å². The minimum absolute atomic E-state index is 0.114. The number of nitrogens with one attached hydrogen (secondary N) is 1. The van der Waals surface area contributed by atoms with Gasteiger partial charge in [0.2, 0.25) is 0 Å². The summed E-state index contributed by atoms with van der Waals surface area (Å²) in [5.74, 6) is -0.114. The quantitative estimate of drug-likeness (QED) is 0.566. The van der Waals surface area contributed by atoms with Gasteiger partial charge in [-0.05, 0) is 66.9 Å². The Labute approximate surface area is 174 Å². The molecule has 6 nitrogen and oxygen atoms in total. The monoisotopic (exact) mass is 446 g/mol. The molecule has 0 unspecified atom stereocenters. The molecule has 1 aromatic carbocycles. The molecular formula is C21H27BrN4O2. The van der Waals surface area contributed by atoms with Crippen molar-refractivity contribution in [2.75, 3.05) is 32.8 Å². The number of nitrogens with zero attached hydrogens (tertiary/aromatic N) is 3. The molecule has 1 aliphatic heterocycles. The maximum Gasteiger partial charge on any atom is 0.254 e. The number of rotatable bonds is 5. The van der Waals surface area contributed by atoms with E-state index in [4.69, 9.17) is 4.74 Å². The lowest BCUT2D eigenvalue weighted by atomic mass is 10.1. The zero-order valence-electron chi connectivity index (χ0n) is 16.9. The van der Waals surface area contributed by atoms with Gasteiger partial charge in [-0.3, -0.25) is 9.69 Å². The molecule has 0 spiro atoms. The van der Waals surface area contributed by atoms with Crippen LogP contribution in [0.25, 0.3) is 5.69 Å². The molecule has 0 bridgehead atoms. The number of hydrogen-bond acceptors (Lipinski definition) is 4. The number of aromatic nitrogens is 1. The average Bonchev–Trinajstić information content (AvgIpc) is 2.85. The Morgan fingerprint density at radius 3 is 2.43 bits per heavy atom. The first-order valence-electron chi connectivity index (χ1n) is 9.45. The van der Waals surface area contributed by atoms with Crippen molar-refractivity contribution in [1.29, 1.82) is 0 Å². The van der Waals surface area contributed by atoms with Crippen LogP contribution in [0.3, 0.4) is 0 Å². The lowest BCUT2D eigenvalue weighted by molar-refractivity contribution is -0.123. The van der Waals surface area contributed by atoms with Crippen molar-refractivity contribution in [1.82, 2.24) is 14.9 Å². The van der Waals surface area contributed by atoms with E-state index < -0.39 is 0 Å². The first-order valence-corrected chi connectivity index (χ1v) is 10.2. The van der Waals surface area contributed by atoms with E-state index in [0.29, 0.717) is 19.8 Å². The molecule has 150 valence electrons. The van der Waals surface area contributed by atoms with Crippen LogP contribution in [-0.4, -0.2) is 54.4 Å². The zero-order valence-corrected chi connectivity index (χ0v) is 18.5. The van der Waals surface area contributed by atoms with E-state index in [0.717, 1.165) is 40.2 Å². The molecule has 1 fully saturated rings. The van der Waals surface area contributed by atoms with Crippen LogP contribution in [0.15, 0.2) is 27.8 Å². The molecule has 0 radical (unpaired) electrons. The fourth-order valence-electron chi connectivity index (χ4n) is 3.61. The summed E-state index contributed by atoms with van der Waals surface area (Å²) in [5, 5.41) is 4.19. The van der Waals surface area contributed by atoms with Crippen molar-refractivity contribution in [3.05, 3.63) is 50.8 Å². The van der Waals surface area contributed by atoms with Gasteiger partial charge in [-0.15, -0.1) is 0 Å². The molecule has 1 amide bonds. The minimum atomic E-state index is -0.114. The second-order valence-electron chi connectivity index (χ2n) is 7.26. The first kappa shape index (κ1) is 20.8.